The van der Waals surface area contributed by atoms with Gasteiger partial charge in [0, 0.05) is 31.4 Å². The lowest BCUT2D eigenvalue weighted by Gasteiger charge is -2.30. The Morgan fingerprint density at radius 1 is 1.35 bits per heavy atom. The second-order valence-corrected chi connectivity index (χ2v) is 6.28. The van der Waals surface area contributed by atoms with Gasteiger partial charge in [-0.25, -0.2) is 4.98 Å². The Bertz CT molecular complexity index is 664. The predicted molar refractivity (Wildman–Crippen MR) is 87.5 cm³/mol. The van der Waals surface area contributed by atoms with Crippen LogP contribution in [0.5, 0.6) is 0 Å². The second kappa shape index (κ2) is 6.93. The van der Waals surface area contributed by atoms with Crippen LogP contribution in [0.2, 0.25) is 0 Å². The van der Waals surface area contributed by atoms with Gasteiger partial charge in [0.05, 0.1) is 30.8 Å². The number of amides is 1. The summed E-state index contributed by atoms with van der Waals surface area (Å²) in [4.78, 5) is 18.4. The van der Waals surface area contributed by atoms with Crippen LogP contribution in [-0.2, 0) is 0 Å². The summed E-state index contributed by atoms with van der Waals surface area (Å²) in [5.74, 6) is -0.162. The number of aliphatic hydroxyl groups excluding tert-OH is 2. The number of hydrogen-bond donors (Lipinski definition) is 2. The number of hydrogen-bond acceptors (Lipinski definition) is 4. The van der Waals surface area contributed by atoms with Crippen LogP contribution >= 0.6 is 0 Å². The van der Waals surface area contributed by atoms with Crippen molar-refractivity contribution in [2.45, 2.75) is 13.8 Å². The Morgan fingerprint density at radius 2 is 2.04 bits per heavy atom. The molecule has 0 bridgehead atoms. The Morgan fingerprint density at radius 3 is 2.61 bits per heavy atom. The lowest BCUT2D eigenvalue weighted by molar-refractivity contribution is 0.0366. The van der Waals surface area contributed by atoms with Gasteiger partial charge in [0.15, 0.2) is 0 Å². The average molecular weight is 317 g/mol. The Hall–Kier alpha value is -2.18. The molecule has 1 aromatic carbocycles. The van der Waals surface area contributed by atoms with E-state index in [9.17, 15) is 15.0 Å². The highest BCUT2D eigenvalue weighted by molar-refractivity contribution is 5.98. The van der Waals surface area contributed by atoms with Crippen molar-refractivity contribution in [3.8, 4) is 5.69 Å². The number of aryl methyl sites for hydroxylation is 1. The summed E-state index contributed by atoms with van der Waals surface area (Å²) in [6, 6.07) is 5.66. The van der Waals surface area contributed by atoms with Gasteiger partial charge in [-0.3, -0.25) is 4.79 Å². The normalized spacial score (nSPS) is 11.5. The van der Waals surface area contributed by atoms with Crippen molar-refractivity contribution >= 4 is 5.91 Å². The SMILES string of the molecule is Cc1ccc(-n2ccnc2)c(C(=O)N(C)CC(C)(CO)CO)c1. The van der Waals surface area contributed by atoms with E-state index >= 15 is 0 Å². The highest BCUT2D eigenvalue weighted by Crippen LogP contribution is 2.21. The van der Waals surface area contributed by atoms with Crippen LogP contribution in [0.15, 0.2) is 36.9 Å². The van der Waals surface area contributed by atoms with E-state index in [4.69, 9.17) is 0 Å². The van der Waals surface area contributed by atoms with Crippen molar-refractivity contribution in [1.29, 1.82) is 0 Å². The lowest BCUT2D eigenvalue weighted by Crippen LogP contribution is -2.41. The molecule has 6 nitrogen and oxygen atoms in total. The number of benzene rings is 1. The van der Waals surface area contributed by atoms with Crippen LogP contribution in [0.25, 0.3) is 5.69 Å². The number of aliphatic hydroxyl groups is 2. The summed E-state index contributed by atoms with van der Waals surface area (Å²) in [6.45, 7) is 3.55. The molecule has 23 heavy (non-hydrogen) atoms. The van der Waals surface area contributed by atoms with Crippen LogP contribution in [0.1, 0.15) is 22.8 Å². The summed E-state index contributed by atoms with van der Waals surface area (Å²) in [7, 11) is 1.67. The van der Waals surface area contributed by atoms with Gasteiger partial charge in [0.1, 0.15) is 0 Å². The van der Waals surface area contributed by atoms with E-state index in [1.54, 1.807) is 37.3 Å². The molecule has 2 N–H and O–H groups in total. The van der Waals surface area contributed by atoms with Gasteiger partial charge < -0.3 is 19.7 Å². The smallest absolute Gasteiger partial charge is 0.255 e. The van der Waals surface area contributed by atoms with E-state index in [-0.39, 0.29) is 25.7 Å². The van der Waals surface area contributed by atoms with Gasteiger partial charge in [0.2, 0.25) is 0 Å². The summed E-state index contributed by atoms with van der Waals surface area (Å²) in [6.07, 6.45) is 5.09. The summed E-state index contributed by atoms with van der Waals surface area (Å²) < 4.78 is 1.79. The zero-order valence-corrected chi connectivity index (χ0v) is 13.7. The van der Waals surface area contributed by atoms with E-state index < -0.39 is 5.41 Å². The maximum absolute atomic E-state index is 12.9. The quantitative estimate of drug-likeness (QED) is 0.840. The third-order valence-electron chi connectivity index (χ3n) is 3.89. The fourth-order valence-corrected chi connectivity index (χ4v) is 2.45. The molecule has 2 aromatic rings. The Kier molecular flexibility index (Phi) is 5.18. The molecular weight excluding hydrogens is 294 g/mol. The minimum atomic E-state index is -0.733. The number of rotatable bonds is 6. The summed E-state index contributed by atoms with van der Waals surface area (Å²) >= 11 is 0. The molecule has 0 aliphatic heterocycles. The zero-order valence-electron chi connectivity index (χ0n) is 13.7. The fraction of sp³-hybridized carbons (Fsp3) is 0.412. The Balaban J connectivity index is 2.34. The minimum absolute atomic E-state index is 0.162. The molecule has 0 atom stereocenters. The van der Waals surface area contributed by atoms with Crippen LogP contribution in [0, 0.1) is 12.3 Å². The monoisotopic (exact) mass is 317 g/mol. The molecule has 6 heteroatoms. The number of nitrogens with zero attached hydrogens (tertiary/aromatic N) is 3. The van der Waals surface area contributed by atoms with Crippen molar-refractivity contribution in [2.75, 3.05) is 26.8 Å². The summed E-state index contributed by atoms with van der Waals surface area (Å²) in [5, 5.41) is 18.9. The molecular formula is C17H23N3O3. The minimum Gasteiger partial charge on any atom is -0.396 e. The first-order chi connectivity index (χ1) is 10.9. The van der Waals surface area contributed by atoms with Gasteiger partial charge in [-0.1, -0.05) is 18.6 Å². The highest BCUT2D eigenvalue weighted by Gasteiger charge is 2.27. The van der Waals surface area contributed by atoms with E-state index in [2.05, 4.69) is 4.98 Å². The highest BCUT2D eigenvalue weighted by atomic mass is 16.3. The second-order valence-electron chi connectivity index (χ2n) is 6.28. The third-order valence-corrected chi connectivity index (χ3v) is 3.89. The average Bonchev–Trinajstić information content (AvgIpc) is 3.08. The molecule has 0 aliphatic carbocycles. The van der Waals surface area contributed by atoms with Crippen LogP contribution in [0.4, 0.5) is 0 Å². The largest absolute Gasteiger partial charge is 0.396 e. The lowest BCUT2D eigenvalue weighted by atomic mass is 9.92. The van der Waals surface area contributed by atoms with Gasteiger partial charge >= 0.3 is 0 Å². The molecule has 1 amide bonds. The predicted octanol–water partition coefficient (Wildman–Crippen LogP) is 1.24. The van der Waals surface area contributed by atoms with Crippen molar-refractivity contribution in [1.82, 2.24) is 14.5 Å². The fourth-order valence-electron chi connectivity index (χ4n) is 2.45. The van der Waals surface area contributed by atoms with E-state index in [0.717, 1.165) is 11.3 Å². The standard InChI is InChI=1S/C17H23N3O3/c1-13-4-5-15(20-7-6-18-12-20)14(8-13)16(23)19(3)9-17(2,10-21)11-22/h4-8,12,21-22H,9-11H2,1-3H3. The van der Waals surface area contributed by atoms with Crippen molar-refractivity contribution in [2.24, 2.45) is 5.41 Å². The molecule has 0 aliphatic rings. The first kappa shape index (κ1) is 17.2. The molecule has 0 radical (unpaired) electrons. The van der Waals surface area contributed by atoms with Crippen molar-refractivity contribution in [3.05, 3.63) is 48.0 Å². The van der Waals surface area contributed by atoms with Gasteiger partial charge in [0.25, 0.3) is 5.91 Å². The van der Waals surface area contributed by atoms with Gasteiger partial charge in [-0.15, -0.1) is 0 Å². The number of imidazole rings is 1. The maximum Gasteiger partial charge on any atom is 0.255 e. The van der Waals surface area contributed by atoms with Gasteiger partial charge in [-0.2, -0.15) is 0 Å². The number of aromatic nitrogens is 2. The zero-order chi connectivity index (χ0) is 17.0. The molecule has 0 saturated carbocycles. The summed E-state index contributed by atoms with van der Waals surface area (Å²) in [5.41, 5.74) is 1.56. The Labute approximate surface area is 136 Å². The molecule has 1 aromatic heterocycles. The third kappa shape index (κ3) is 3.78. The molecule has 1 heterocycles. The molecule has 124 valence electrons. The van der Waals surface area contributed by atoms with E-state index in [0.29, 0.717) is 5.56 Å². The van der Waals surface area contributed by atoms with E-state index in [1.165, 1.54) is 4.90 Å². The molecule has 0 spiro atoms. The first-order valence-electron chi connectivity index (χ1n) is 7.46. The van der Waals surface area contributed by atoms with Crippen LogP contribution in [0.3, 0.4) is 0 Å². The molecule has 0 unspecified atom stereocenters. The van der Waals surface area contributed by atoms with Crippen molar-refractivity contribution in [3.63, 3.8) is 0 Å². The molecule has 0 fully saturated rings. The first-order valence-corrected chi connectivity index (χ1v) is 7.46. The topological polar surface area (TPSA) is 78.6 Å². The molecule has 0 saturated heterocycles. The maximum atomic E-state index is 12.9. The van der Waals surface area contributed by atoms with Crippen molar-refractivity contribution < 1.29 is 15.0 Å². The number of carbonyl (C=O) groups excluding carboxylic acids is 1. The van der Waals surface area contributed by atoms with E-state index in [1.807, 2.05) is 25.1 Å². The van der Waals surface area contributed by atoms with Crippen LogP contribution < -0.4 is 0 Å². The molecule has 2 rings (SSSR count). The number of carbonyl (C=O) groups is 1. The van der Waals surface area contributed by atoms with Gasteiger partial charge in [-0.05, 0) is 19.1 Å². The van der Waals surface area contributed by atoms with Crippen LogP contribution in [-0.4, -0.2) is 57.4 Å².